The molecule has 0 aliphatic rings. The smallest absolute Gasteiger partial charge is 0.283 e. The van der Waals surface area contributed by atoms with Gasteiger partial charge in [0.25, 0.3) is 10.8 Å². The highest BCUT2D eigenvalue weighted by Crippen LogP contribution is 2.29. The van der Waals surface area contributed by atoms with Gasteiger partial charge in [-0.2, -0.15) is 5.26 Å². The molecule has 6 nitrogen and oxygen atoms in total. The highest BCUT2D eigenvalue weighted by atomic mass is 32.1. The molecule has 2 aromatic rings. The van der Waals surface area contributed by atoms with Gasteiger partial charge in [0, 0.05) is 0 Å². The average Bonchev–Trinajstić information content (AvgIpc) is 2.47. The van der Waals surface area contributed by atoms with Crippen molar-refractivity contribution in [2.24, 2.45) is 0 Å². The van der Waals surface area contributed by atoms with Crippen molar-refractivity contribution >= 4 is 38.3 Å². The Kier molecular flexibility index (Phi) is 1.65. The molecule has 14 heavy (non-hydrogen) atoms. The van der Waals surface area contributed by atoms with E-state index in [1.54, 1.807) is 0 Å². The van der Waals surface area contributed by atoms with Crippen molar-refractivity contribution in [1.29, 1.82) is 5.26 Å². The number of nitrogen functional groups attached to an aromatic ring is 3. The Balaban J connectivity index is 2.93. The van der Waals surface area contributed by atoms with Crippen molar-refractivity contribution < 1.29 is 4.98 Å². The molecule has 7 heteroatoms. The molecule has 0 aliphatic heterocycles. The summed E-state index contributed by atoms with van der Waals surface area (Å²) >= 11 is 1.25. The van der Waals surface area contributed by atoms with Gasteiger partial charge in [-0.05, 0) is 0 Å². The van der Waals surface area contributed by atoms with Gasteiger partial charge < -0.3 is 17.2 Å². The van der Waals surface area contributed by atoms with Crippen LogP contribution in [-0.2, 0) is 0 Å². The topological polar surface area (TPSA) is 129 Å². The van der Waals surface area contributed by atoms with E-state index in [1.165, 1.54) is 11.3 Å². The first-order valence-corrected chi connectivity index (χ1v) is 4.51. The van der Waals surface area contributed by atoms with Gasteiger partial charge in [-0.15, -0.1) is 0 Å². The van der Waals surface area contributed by atoms with Gasteiger partial charge in [-0.25, -0.2) is 4.98 Å². The summed E-state index contributed by atoms with van der Waals surface area (Å²) < 4.78 is 0.660. The van der Waals surface area contributed by atoms with E-state index < -0.39 is 0 Å². The fourth-order valence-corrected chi connectivity index (χ4v) is 1.94. The first-order valence-electron chi connectivity index (χ1n) is 3.70. The summed E-state index contributed by atoms with van der Waals surface area (Å²) in [5, 5.41) is 9.26. The molecule has 0 aromatic carbocycles. The molecule has 0 fully saturated rings. The molecule has 0 saturated carbocycles. The predicted octanol–water partition coefficient (Wildman–Crippen LogP) is -0.271. The number of nitrogens with two attached hydrogens (primary N) is 3. The molecular weight excluding hydrogens is 200 g/mol. The molecule has 0 unspecified atom stereocenters. The zero-order valence-corrected chi connectivity index (χ0v) is 7.85. The van der Waals surface area contributed by atoms with Crippen LogP contribution < -0.4 is 22.2 Å². The predicted molar refractivity (Wildman–Crippen MR) is 54.1 cm³/mol. The second kappa shape index (κ2) is 2.71. The number of nitriles is 1. The van der Waals surface area contributed by atoms with E-state index in [1.807, 2.05) is 6.07 Å². The summed E-state index contributed by atoms with van der Waals surface area (Å²) in [4.78, 5) is 6.79. The van der Waals surface area contributed by atoms with Crippen LogP contribution in [0.3, 0.4) is 0 Å². The molecule has 0 atom stereocenters. The van der Waals surface area contributed by atoms with Crippen molar-refractivity contribution in [1.82, 2.24) is 4.98 Å². The summed E-state index contributed by atoms with van der Waals surface area (Å²) in [6.45, 7) is 0. The van der Waals surface area contributed by atoms with E-state index in [0.717, 1.165) is 0 Å². The molecule has 0 bridgehead atoms. The highest BCUT2D eigenvalue weighted by molar-refractivity contribution is 7.22. The standard InChI is InChI=1S/C7H6N6S/c8-1-2-3(9)4-6(12-5(2)10)13-7(11)14-4/h(H6,9,10,11,12,13)/p+1. The van der Waals surface area contributed by atoms with E-state index in [4.69, 9.17) is 22.5 Å². The minimum atomic E-state index is 0.117. The fraction of sp³-hybridized carbons (Fsp3) is 0. The zero-order chi connectivity index (χ0) is 10.3. The Hall–Kier alpha value is -2.07. The van der Waals surface area contributed by atoms with Gasteiger partial charge in [0.05, 0.1) is 5.69 Å². The molecule has 0 spiro atoms. The number of nitrogens with zero attached hydrogens (tertiary/aromatic N) is 2. The van der Waals surface area contributed by atoms with Crippen LogP contribution in [0.1, 0.15) is 5.56 Å². The summed E-state index contributed by atoms with van der Waals surface area (Å²) in [6.07, 6.45) is 0. The van der Waals surface area contributed by atoms with Gasteiger partial charge in [0.15, 0.2) is 0 Å². The number of rotatable bonds is 0. The van der Waals surface area contributed by atoms with Crippen molar-refractivity contribution in [2.45, 2.75) is 0 Å². The van der Waals surface area contributed by atoms with Gasteiger partial charge in [-0.1, -0.05) is 16.3 Å². The maximum absolute atomic E-state index is 8.78. The molecule has 0 saturated heterocycles. The molecule has 0 aliphatic carbocycles. The lowest BCUT2D eigenvalue weighted by Gasteiger charge is -1.96. The van der Waals surface area contributed by atoms with Crippen LogP contribution in [0.15, 0.2) is 0 Å². The number of hydrogen-bond acceptors (Lipinski definition) is 6. The van der Waals surface area contributed by atoms with Crippen molar-refractivity contribution in [3.8, 4) is 6.07 Å². The molecular formula is C7H7N6S+. The Morgan fingerprint density at radius 1 is 1.36 bits per heavy atom. The van der Waals surface area contributed by atoms with Crippen molar-refractivity contribution in [3.05, 3.63) is 5.56 Å². The number of nitrogens with one attached hydrogen (secondary N) is 1. The van der Waals surface area contributed by atoms with E-state index in [-0.39, 0.29) is 11.4 Å². The lowest BCUT2D eigenvalue weighted by molar-refractivity contribution is -0.323. The summed E-state index contributed by atoms with van der Waals surface area (Å²) in [6, 6.07) is 1.90. The average molecular weight is 207 g/mol. The van der Waals surface area contributed by atoms with Crippen LogP contribution in [0.4, 0.5) is 16.6 Å². The lowest BCUT2D eigenvalue weighted by atomic mass is 10.2. The Bertz CT molecular complexity index is 551. The number of H-pyrrole nitrogens is 1. The molecule has 0 amide bonds. The molecule has 2 aromatic heterocycles. The van der Waals surface area contributed by atoms with E-state index in [9.17, 15) is 0 Å². The molecule has 2 heterocycles. The van der Waals surface area contributed by atoms with E-state index >= 15 is 0 Å². The summed E-state index contributed by atoms with van der Waals surface area (Å²) in [7, 11) is 0. The third-order valence-corrected chi connectivity index (χ3v) is 2.72. The number of pyridine rings is 1. The first-order chi connectivity index (χ1) is 6.63. The van der Waals surface area contributed by atoms with Crippen LogP contribution in [0.5, 0.6) is 0 Å². The third-order valence-electron chi connectivity index (χ3n) is 1.78. The van der Waals surface area contributed by atoms with E-state index in [0.29, 0.717) is 21.2 Å². The van der Waals surface area contributed by atoms with Crippen LogP contribution in [0, 0.1) is 11.3 Å². The van der Waals surface area contributed by atoms with Crippen molar-refractivity contribution in [2.75, 3.05) is 17.2 Å². The highest BCUT2D eigenvalue weighted by Gasteiger charge is 2.18. The van der Waals surface area contributed by atoms with Crippen LogP contribution in [-0.4, -0.2) is 4.98 Å². The molecule has 70 valence electrons. The van der Waals surface area contributed by atoms with Crippen LogP contribution >= 0.6 is 11.3 Å². The number of fused-ring (bicyclic) bond motifs is 1. The lowest BCUT2D eigenvalue weighted by Crippen LogP contribution is -2.08. The van der Waals surface area contributed by atoms with Crippen molar-refractivity contribution in [3.63, 3.8) is 0 Å². The summed E-state index contributed by atoms with van der Waals surface area (Å²) in [5.74, 6) is 0.117. The fourth-order valence-electron chi connectivity index (χ4n) is 1.16. The number of aromatic nitrogens is 2. The largest absolute Gasteiger partial charge is 0.396 e. The second-order valence-corrected chi connectivity index (χ2v) is 3.72. The number of aromatic amines is 1. The first kappa shape index (κ1) is 8.52. The Morgan fingerprint density at radius 2 is 2.07 bits per heavy atom. The second-order valence-electron chi connectivity index (χ2n) is 2.67. The number of hydrogen-bond donors (Lipinski definition) is 3. The quantitative estimate of drug-likeness (QED) is 0.547. The van der Waals surface area contributed by atoms with Gasteiger partial charge in [0.1, 0.15) is 16.3 Å². The van der Waals surface area contributed by atoms with Gasteiger partial charge in [-0.3, -0.25) is 0 Å². The SMILES string of the molecule is N#Cc1c(N)nc2[nH+]c(N)sc2c1N. The molecule has 0 radical (unpaired) electrons. The van der Waals surface area contributed by atoms with E-state index in [2.05, 4.69) is 9.97 Å². The minimum Gasteiger partial charge on any atom is -0.396 e. The Labute approximate surface area is 83.0 Å². The monoisotopic (exact) mass is 207 g/mol. The normalized spacial score (nSPS) is 10.2. The maximum Gasteiger partial charge on any atom is 0.283 e. The molecule has 2 rings (SSSR count). The summed E-state index contributed by atoms with van der Waals surface area (Å²) in [5.41, 5.74) is 17.9. The third kappa shape index (κ3) is 1.02. The van der Waals surface area contributed by atoms with Crippen LogP contribution in [0.2, 0.25) is 0 Å². The zero-order valence-electron chi connectivity index (χ0n) is 7.03. The minimum absolute atomic E-state index is 0.117. The van der Waals surface area contributed by atoms with Crippen LogP contribution in [0.25, 0.3) is 10.3 Å². The maximum atomic E-state index is 8.78. The number of anilines is 3. The Morgan fingerprint density at radius 3 is 2.71 bits per heavy atom. The molecule has 7 N–H and O–H groups in total. The number of thiazole rings is 1. The van der Waals surface area contributed by atoms with Gasteiger partial charge in [0.2, 0.25) is 5.82 Å². The van der Waals surface area contributed by atoms with Gasteiger partial charge >= 0.3 is 0 Å².